The molecule has 0 saturated heterocycles. The molecule has 1 N–H and O–H groups in total. The van der Waals surface area contributed by atoms with Gasteiger partial charge >= 0.3 is 0 Å². The van der Waals surface area contributed by atoms with Gasteiger partial charge in [-0.1, -0.05) is 6.07 Å². The third kappa shape index (κ3) is 2.58. The minimum atomic E-state index is 0.172. The number of aryl methyl sites for hydroxylation is 1. The van der Waals surface area contributed by atoms with Gasteiger partial charge in [0.2, 0.25) is 0 Å². The number of rotatable bonds is 4. The van der Waals surface area contributed by atoms with Crippen LogP contribution >= 0.6 is 12.2 Å². The average Bonchev–Trinajstić information content (AvgIpc) is 2.56. The molecule has 0 aliphatic carbocycles. The first-order valence-electron chi connectivity index (χ1n) is 5.92. The number of H-pyrrole nitrogens is 1. The van der Waals surface area contributed by atoms with E-state index in [0.29, 0.717) is 0 Å². The van der Waals surface area contributed by atoms with Gasteiger partial charge in [-0.25, -0.2) is 0 Å². The molecule has 2 aromatic rings. The number of benzene rings is 1. The van der Waals surface area contributed by atoms with Crippen molar-refractivity contribution in [2.75, 3.05) is 6.61 Å². The first-order valence-corrected chi connectivity index (χ1v) is 6.33. The van der Waals surface area contributed by atoms with Crippen LogP contribution in [0.15, 0.2) is 18.2 Å². The molecule has 1 heterocycles. The van der Waals surface area contributed by atoms with Gasteiger partial charge in [-0.3, -0.25) is 0 Å². The van der Waals surface area contributed by atoms with Crippen molar-refractivity contribution < 1.29 is 4.74 Å². The van der Waals surface area contributed by atoms with Crippen LogP contribution in [-0.4, -0.2) is 22.3 Å². The van der Waals surface area contributed by atoms with Gasteiger partial charge in [0.1, 0.15) is 0 Å². The van der Waals surface area contributed by atoms with E-state index in [1.54, 1.807) is 0 Å². The summed E-state index contributed by atoms with van der Waals surface area (Å²) < 4.78 is 8.44. The average molecular weight is 250 g/mol. The molecule has 0 fully saturated rings. The normalized spacial score (nSPS) is 13.1. The summed E-state index contributed by atoms with van der Waals surface area (Å²) in [4.78, 5) is 3.22. The molecule has 92 valence electrons. The molecule has 1 unspecified atom stereocenters. The van der Waals surface area contributed by atoms with Gasteiger partial charge in [-0.15, -0.1) is 0 Å². The van der Waals surface area contributed by atoms with Crippen LogP contribution in [-0.2, 0) is 11.3 Å². The van der Waals surface area contributed by atoms with Gasteiger partial charge in [-0.2, -0.15) is 0 Å². The van der Waals surface area contributed by atoms with Crippen LogP contribution in [0.5, 0.6) is 0 Å². The molecular weight excluding hydrogens is 232 g/mol. The molecule has 0 amide bonds. The number of nitrogens with zero attached hydrogens (tertiary/aromatic N) is 1. The highest BCUT2D eigenvalue weighted by Gasteiger charge is 2.08. The lowest BCUT2D eigenvalue weighted by Crippen LogP contribution is -2.16. The zero-order valence-corrected chi connectivity index (χ0v) is 11.3. The van der Waals surface area contributed by atoms with Crippen molar-refractivity contribution in [3.8, 4) is 0 Å². The third-order valence-electron chi connectivity index (χ3n) is 2.82. The molecule has 0 spiro atoms. The van der Waals surface area contributed by atoms with Crippen LogP contribution in [0.4, 0.5) is 0 Å². The number of aromatic amines is 1. The van der Waals surface area contributed by atoms with Gasteiger partial charge in [0.15, 0.2) is 4.77 Å². The quantitative estimate of drug-likeness (QED) is 0.842. The lowest BCUT2D eigenvalue weighted by atomic mass is 10.2. The van der Waals surface area contributed by atoms with Crippen LogP contribution in [0.1, 0.15) is 19.4 Å². The molecule has 0 radical (unpaired) electrons. The van der Waals surface area contributed by atoms with E-state index >= 15 is 0 Å². The van der Waals surface area contributed by atoms with Gasteiger partial charge in [0.25, 0.3) is 0 Å². The van der Waals surface area contributed by atoms with Crippen molar-refractivity contribution in [3.63, 3.8) is 0 Å². The zero-order valence-electron chi connectivity index (χ0n) is 10.5. The molecule has 0 bridgehead atoms. The van der Waals surface area contributed by atoms with E-state index in [4.69, 9.17) is 17.0 Å². The summed E-state index contributed by atoms with van der Waals surface area (Å²) in [6, 6.07) is 6.31. The van der Waals surface area contributed by atoms with Crippen LogP contribution in [0.2, 0.25) is 0 Å². The lowest BCUT2D eigenvalue weighted by Gasteiger charge is -2.13. The van der Waals surface area contributed by atoms with Crippen molar-refractivity contribution >= 4 is 23.3 Å². The molecule has 2 rings (SSSR count). The first-order chi connectivity index (χ1) is 8.11. The molecule has 4 heteroatoms. The van der Waals surface area contributed by atoms with Crippen LogP contribution < -0.4 is 0 Å². The smallest absolute Gasteiger partial charge is 0.178 e. The maximum atomic E-state index is 5.57. The Hall–Kier alpha value is -1.13. The molecule has 3 nitrogen and oxygen atoms in total. The predicted molar refractivity (Wildman–Crippen MR) is 72.9 cm³/mol. The zero-order chi connectivity index (χ0) is 12.4. The van der Waals surface area contributed by atoms with E-state index in [1.165, 1.54) is 5.56 Å². The maximum absolute atomic E-state index is 5.57. The lowest BCUT2D eigenvalue weighted by molar-refractivity contribution is 0.0645. The summed E-state index contributed by atoms with van der Waals surface area (Å²) in [5, 5.41) is 0. The Kier molecular flexibility index (Phi) is 3.64. The van der Waals surface area contributed by atoms with E-state index in [9.17, 15) is 0 Å². The second-order valence-corrected chi connectivity index (χ2v) is 4.71. The molecule has 0 aliphatic heterocycles. The van der Waals surface area contributed by atoms with Crippen LogP contribution in [0.3, 0.4) is 0 Å². The maximum Gasteiger partial charge on any atom is 0.178 e. The highest BCUT2D eigenvalue weighted by molar-refractivity contribution is 7.71. The Balaban J connectivity index is 2.42. The largest absolute Gasteiger partial charge is 0.377 e. The highest BCUT2D eigenvalue weighted by Crippen LogP contribution is 2.16. The summed E-state index contributed by atoms with van der Waals surface area (Å²) in [5.74, 6) is 0. The fourth-order valence-corrected chi connectivity index (χ4v) is 2.32. The predicted octanol–water partition coefficient (Wildman–Crippen LogP) is 3.43. The molecule has 1 aromatic carbocycles. The molecule has 1 aromatic heterocycles. The Morgan fingerprint density at radius 3 is 2.94 bits per heavy atom. The van der Waals surface area contributed by atoms with E-state index in [1.807, 2.05) is 6.92 Å². The Labute approximate surface area is 106 Å². The van der Waals surface area contributed by atoms with E-state index < -0.39 is 0 Å². The van der Waals surface area contributed by atoms with E-state index in [2.05, 4.69) is 41.6 Å². The second-order valence-electron chi connectivity index (χ2n) is 4.33. The van der Waals surface area contributed by atoms with Crippen LogP contribution in [0.25, 0.3) is 11.0 Å². The second kappa shape index (κ2) is 5.02. The van der Waals surface area contributed by atoms with Gasteiger partial charge in [0.05, 0.1) is 23.7 Å². The number of nitrogens with one attached hydrogen (secondary N) is 1. The Morgan fingerprint density at radius 2 is 2.24 bits per heavy atom. The van der Waals surface area contributed by atoms with Crippen molar-refractivity contribution in [2.24, 2.45) is 0 Å². The van der Waals surface area contributed by atoms with Crippen molar-refractivity contribution in [2.45, 2.75) is 33.4 Å². The molecular formula is C13H18N2OS. The summed E-state index contributed by atoms with van der Waals surface area (Å²) in [7, 11) is 0. The Bertz CT molecular complexity index is 570. The van der Waals surface area contributed by atoms with Gasteiger partial charge < -0.3 is 14.3 Å². The Morgan fingerprint density at radius 1 is 1.47 bits per heavy atom. The van der Waals surface area contributed by atoms with Crippen molar-refractivity contribution in [1.82, 2.24) is 9.55 Å². The molecule has 1 atom stereocenters. The summed E-state index contributed by atoms with van der Waals surface area (Å²) in [5.41, 5.74) is 3.48. The fourth-order valence-electron chi connectivity index (χ4n) is 2.04. The minimum Gasteiger partial charge on any atom is -0.377 e. The molecule has 0 aliphatic rings. The summed E-state index contributed by atoms with van der Waals surface area (Å²) in [6.07, 6.45) is 0.172. The molecule has 0 saturated carbocycles. The van der Waals surface area contributed by atoms with Gasteiger partial charge in [-0.05, 0) is 50.7 Å². The number of hydrogen-bond donors (Lipinski definition) is 1. The third-order valence-corrected chi connectivity index (χ3v) is 3.14. The fraction of sp³-hybridized carbons (Fsp3) is 0.462. The monoisotopic (exact) mass is 250 g/mol. The van der Waals surface area contributed by atoms with E-state index in [0.717, 1.165) is 29.0 Å². The summed E-state index contributed by atoms with van der Waals surface area (Å²) in [6.45, 7) is 7.69. The highest BCUT2D eigenvalue weighted by atomic mass is 32.1. The number of hydrogen-bond acceptors (Lipinski definition) is 2. The van der Waals surface area contributed by atoms with Crippen molar-refractivity contribution in [1.29, 1.82) is 0 Å². The standard InChI is InChI=1S/C13H18N2OS/c1-4-16-10(3)8-15-12-7-9(2)5-6-11(12)14-13(15)17/h5-7,10H,4,8H2,1-3H3,(H,14,17). The summed E-state index contributed by atoms with van der Waals surface area (Å²) >= 11 is 5.35. The van der Waals surface area contributed by atoms with E-state index in [-0.39, 0.29) is 6.10 Å². The molecule has 17 heavy (non-hydrogen) atoms. The minimum absolute atomic E-state index is 0.172. The van der Waals surface area contributed by atoms with Crippen LogP contribution in [0, 0.1) is 11.7 Å². The van der Waals surface area contributed by atoms with Gasteiger partial charge in [0, 0.05) is 6.61 Å². The number of fused-ring (bicyclic) bond motifs is 1. The number of ether oxygens (including phenoxy) is 1. The SMILES string of the molecule is CCOC(C)Cn1c(=S)[nH]c2ccc(C)cc21. The number of imidazole rings is 1. The number of aromatic nitrogens is 2. The first kappa shape index (κ1) is 12.3. The topological polar surface area (TPSA) is 29.9 Å². The van der Waals surface area contributed by atoms with Crippen molar-refractivity contribution in [3.05, 3.63) is 28.5 Å².